The van der Waals surface area contributed by atoms with E-state index in [1.165, 1.54) is 12.1 Å². The number of alkyl halides is 3. The lowest BCUT2D eigenvalue weighted by atomic mass is 9.94. The molecule has 2 fully saturated rings. The number of halogens is 3. The summed E-state index contributed by atoms with van der Waals surface area (Å²) in [6.45, 7) is 2.36. The van der Waals surface area contributed by atoms with E-state index >= 15 is 0 Å². The van der Waals surface area contributed by atoms with Crippen molar-refractivity contribution < 1.29 is 17.9 Å². The molecule has 1 heterocycles. The predicted octanol–water partition coefficient (Wildman–Crippen LogP) is 3.12. The van der Waals surface area contributed by atoms with Crippen molar-refractivity contribution in [1.29, 1.82) is 0 Å². The quantitative estimate of drug-likeness (QED) is 0.917. The molecule has 1 aliphatic carbocycles. The molecule has 1 aromatic carbocycles. The molecule has 0 bridgehead atoms. The summed E-state index contributed by atoms with van der Waals surface area (Å²) in [5.74, 6) is 0. The van der Waals surface area contributed by atoms with Crippen LogP contribution in [0, 0.1) is 0 Å². The van der Waals surface area contributed by atoms with Gasteiger partial charge in [0.15, 0.2) is 0 Å². The van der Waals surface area contributed by atoms with Crippen LogP contribution in [0.25, 0.3) is 0 Å². The van der Waals surface area contributed by atoms with Crippen LogP contribution in [0.2, 0.25) is 0 Å². The third-order valence-electron chi connectivity index (χ3n) is 4.34. The average molecular weight is 285 g/mol. The highest BCUT2D eigenvalue weighted by molar-refractivity contribution is 5.35. The second kappa shape index (κ2) is 5.04. The van der Waals surface area contributed by atoms with E-state index in [-0.39, 0.29) is 5.41 Å². The van der Waals surface area contributed by atoms with Crippen molar-refractivity contribution in [3.8, 4) is 0 Å². The van der Waals surface area contributed by atoms with Crippen molar-refractivity contribution in [2.24, 2.45) is 0 Å². The first-order valence-corrected chi connectivity index (χ1v) is 6.99. The van der Waals surface area contributed by atoms with Crippen LogP contribution in [-0.2, 0) is 16.3 Å². The van der Waals surface area contributed by atoms with Crippen molar-refractivity contribution >= 4 is 0 Å². The van der Waals surface area contributed by atoms with E-state index in [9.17, 15) is 13.2 Å². The Labute approximate surface area is 116 Å². The van der Waals surface area contributed by atoms with Crippen LogP contribution < -0.4 is 5.32 Å². The summed E-state index contributed by atoms with van der Waals surface area (Å²) in [6.07, 6.45) is -1.16. The van der Waals surface area contributed by atoms with Gasteiger partial charge in [-0.15, -0.1) is 0 Å². The van der Waals surface area contributed by atoms with Gasteiger partial charge in [-0.2, -0.15) is 13.2 Å². The van der Waals surface area contributed by atoms with Gasteiger partial charge < -0.3 is 10.1 Å². The fraction of sp³-hybridized carbons (Fsp3) is 0.600. The normalized spacial score (nSPS) is 24.9. The first-order chi connectivity index (χ1) is 9.50. The zero-order chi connectivity index (χ0) is 14.2. The zero-order valence-corrected chi connectivity index (χ0v) is 11.2. The molecule has 1 saturated heterocycles. The minimum atomic E-state index is -4.26. The largest absolute Gasteiger partial charge is 0.416 e. The van der Waals surface area contributed by atoms with E-state index in [1.807, 2.05) is 0 Å². The molecule has 20 heavy (non-hydrogen) atoms. The molecule has 1 unspecified atom stereocenters. The van der Waals surface area contributed by atoms with E-state index in [4.69, 9.17) is 4.74 Å². The van der Waals surface area contributed by atoms with Gasteiger partial charge in [0.25, 0.3) is 0 Å². The summed E-state index contributed by atoms with van der Waals surface area (Å²) >= 11 is 0. The summed E-state index contributed by atoms with van der Waals surface area (Å²) in [4.78, 5) is 0. The van der Waals surface area contributed by atoms with Gasteiger partial charge in [0.1, 0.15) is 0 Å². The van der Waals surface area contributed by atoms with Gasteiger partial charge in [0.05, 0.1) is 12.2 Å². The molecule has 2 aliphatic rings. The lowest BCUT2D eigenvalue weighted by molar-refractivity contribution is -0.137. The molecular weight excluding hydrogens is 267 g/mol. The minimum Gasteiger partial charge on any atom is -0.380 e. The maximum absolute atomic E-state index is 12.6. The Morgan fingerprint density at radius 3 is 2.40 bits per heavy atom. The molecule has 0 radical (unpaired) electrons. The topological polar surface area (TPSA) is 21.3 Å². The molecule has 0 amide bonds. The van der Waals surface area contributed by atoms with E-state index in [0.29, 0.717) is 6.04 Å². The van der Waals surface area contributed by atoms with Gasteiger partial charge in [0.2, 0.25) is 0 Å². The standard InChI is InChI=1S/C15H18F3NO/c16-15(17,18)12-3-1-11(2-4-12)14(6-7-14)10-19-13-5-8-20-9-13/h1-4,13,19H,5-10H2. The molecule has 0 aromatic heterocycles. The molecule has 1 aliphatic heterocycles. The maximum atomic E-state index is 12.6. The van der Waals surface area contributed by atoms with Crippen LogP contribution in [0.3, 0.4) is 0 Å². The second-order valence-electron chi connectivity index (χ2n) is 5.80. The number of nitrogens with one attached hydrogen (secondary N) is 1. The van der Waals surface area contributed by atoms with Crippen LogP contribution in [0.1, 0.15) is 30.4 Å². The molecular formula is C15H18F3NO. The van der Waals surface area contributed by atoms with Crippen LogP contribution in [0.5, 0.6) is 0 Å². The summed E-state index contributed by atoms with van der Waals surface area (Å²) in [5.41, 5.74) is 0.471. The molecule has 1 atom stereocenters. The van der Waals surface area contributed by atoms with Gasteiger partial charge in [-0.25, -0.2) is 0 Å². The van der Waals surface area contributed by atoms with Crippen molar-refractivity contribution in [2.45, 2.75) is 36.9 Å². The molecule has 110 valence electrons. The third kappa shape index (κ3) is 2.83. The highest BCUT2D eigenvalue weighted by atomic mass is 19.4. The van der Waals surface area contributed by atoms with Gasteiger partial charge in [-0.3, -0.25) is 0 Å². The molecule has 3 rings (SSSR count). The Hall–Kier alpha value is -1.07. The van der Waals surface area contributed by atoms with Crippen molar-refractivity contribution in [2.75, 3.05) is 19.8 Å². The number of hydrogen-bond donors (Lipinski definition) is 1. The molecule has 2 nitrogen and oxygen atoms in total. The Morgan fingerprint density at radius 1 is 1.20 bits per heavy atom. The summed E-state index contributed by atoms with van der Waals surface area (Å²) in [7, 11) is 0. The summed E-state index contributed by atoms with van der Waals surface area (Å²) in [5, 5.41) is 3.48. The van der Waals surface area contributed by atoms with Gasteiger partial charge in [-0.1, -0.05) is 12.1 Å². The highest BCUT2D eigenvalue weighted by Gasteiger charge is 2.44. The van der Waals surface area contributed by atoms with E-state index in [0.717, 1.165) is 44.6 Å². The van der Waals surface area contributed by atoms with E-state index in [1.54, 1.807) is 12.1 Å². The minimum absolute atomic E-state index is 0.0344. The first kappa shape index (κ1) is 13.9. The summed E-state index contributed by atoms with van der Waals surface area (Å²) in [6, 6.07) is 6.02. The van der Waals surface area contributed by atoms with Crippen LogP contribution in [0.4, 0.5) is 13.2 Å². The fourth-order valence-corrected chi connectivity index (χ4v) is 2.77. The monoisotopic (exact) mass is 285 g/mol. The maximum Gasteiger partial charge on any atom is 0.416 e. The number of hydrogen-bond acceptors (Lipinski definition) is 2. The Bertz CT molecular complexity index is 459. The average Bonchev–Trinajstić information content (AvgIpc) is 3.03. The predicted molar refractivity (Wildman–Crippen MR) is 69.6 cm³/mol. The van der Waals surface area contributed by atoms with Crippen LogP contribution in [0.15, 0.2) is 24.3 Å². The molecule has 1 saturated carbocycles. The van der Waals surface area contributed by atoms with Crippen molar-refractivity contribution in [3.05, 3.63) is 35.4 Å². The van der Waals surface area contributed by atoms with Crippen LogP contribution >= 0.6 is 0 Å². The molecule has 1 N–H and O–H groups in total. The molecule has 0 spiro atoms. The Kier molecular flexibility index (Phi) is 3.50. The molecule has 5 heteroatoms. The molecule has 1 aromatic rings. The van der Waals surface area contributed by atoms with Gasteiger partial charge in [-0.05, 0) is 37.0 Å². The van der Waals surface area contributed by atoms with Gasteiger partial charge >= 0.3 is 6.18 Å². The number of ether oxygens (including phenoxy) is 1. The number of benzene rings is 1. The smallest absolute Gasteiger partial charge is 0.380 e. The summed E-state index contributed by atoms with van der Waals surface area (Å²) < 4.78 is 43.0. The fourth-order valence-electron chi connectivity index (χ4n) is 2.77. The number of rotatable bonds is 4. The van der Waals surface area contributed by atoms with Crippen molar-refractivity contribution in [1.82, 2.24) is 5.32 Å². The first-order valence-electron chi connectivity index (χ1n) is 6.99. The lowest BCUT2D eigenvalue weighted by Gasteiger charge is -2.20. The SMILES string of the molecule is FC(F)(F)c1ccc(C2(CNC3CCOC3)CC2)cc1. The lowest BCUT2D eigenvalue weighted by Crippen LogP contribution is -2.36. The Morgan fingerprint density at radius 2 is 1.90 bits per heavy atom. The zero-order valence-electron chi connectivity index (χ0n) is 11.2. The second-order valence-corrected chi connectivity index (χ2v) is 5.80. The Balaban J connectivity index is 1.65. The van der Waals surface area contributed by atoms with Crippen LogP contribution in [-0.4, -0.2) is 25.8 Å². The van der Waals surface area contributed by atoms with Gasteiger partial charge in [0, 0.05) is 24.6 Å². The van der Waals surface area contributed by atoms with E-state index in [2.05, 4.69) is 5.32 Å². The van der Waals surface area contributed by atoms with E-state index < -0.39 is 11.7 Å². The highest BCUT2D eigenvalue weighted by Crippen LogP contribution is 2.48. The third-order valence-corrected chi connectivity index (χ3v) is 4.34. The van der Waals surface area contributed by atoms with Crippen molar-refractivity contribution in [3.63, 3.8) is 0 Å².